The Labute approximate surface area is 201 Å². The monoisotopic (exact) mass is 574 g/mol. The molecule has 1 saturated heterocycles. The fourth-order valence-electron chi connectivity index (χ4n) is 3.36. The quantitative estimate of drug-likeness (QED) is 0.255. The van der Waals surface area contributed by atoms with E-state index in [1.165, 1.54) is 17.9 Å². The number of hydrogen-bond donors (Lipinski definition) is 4. The third-order valence-electron chi connectivity index (χ3n) is 4.94. The smallest absolute Gasteiger partial charge is 0.406 e. The molecule has 0 spiro atoms. The molecule has 13 heteroatoms. The summed E-state index contributed by atoms with van der Waals surface area (Å²) in [5.74, 6) is 0.421. The van der Waals surface area contributed by atoms with Crippen LogP contribution in [0.25, 0.3) is 11.2 Å². The minimum Gasteiger partial charge on any atom is -0.447 e. The summed E-state index contributed by atoms with van der Waals surface area (Å²) in [6.07, 6.45) is -3.77. The second kappa shape index (κ2) is 9.70. The van der Waals surface area contributed by atoms with Crippen molar-refractivity contribution in [2.24, 2.45) is 0 Å². The topological polar surface area (TPSA) is 144 Å². The third kappa shape index (κ3) is 4.73. The second-order valence-electron chi connectivity index (χ2n) is 7.04. The van der Waals surface area contributed by atoms with E-state index in [-0.39, 0.29) is 11.9 Å². The van der Waals surface area contributed by atoms with Gasteiger partial charge in [0, 0.05) is 17.2 Å². The molecule has 2 aromatic heterocycles. The summed E-state index contributed by atoms with van der Waals surface area (Å²) in [7, 11) is 1.41. The molecule has 1 aromatic carbocycles. The van der Waals surface area contributed by atoms with E-state index in [0.29, 0.717) is 23.5 Å². The maximum absolute atomic E-state index is 11.3. The molecule has 170 valence electrons. The molecule has 0 bridgehead atoms. The predicted molar refractivity (Wildman–Crippen MR) is 123 cm³/mol. The lowest BCUT2D eigenvalue weighted by atomic mass is 10.1. The molecule has 1 aliphatic rings. The van der Waals surface area contributed by atoms with E-state index in [2.05, 4.69) is 48.2 Å². The lowest BCUT2D eigenvalue weighted by Crippen LogP contribution is -2.35. The average Bonchev–Trinajstić information content (AvgIpc) is 3.31. The number of hydrogen-bond acceptors (Lipinski definition) is 9. The van der Waals surface area contributed by atoms with Gasteiger partial charge < -0.3 is 30.3 Å². The van der Waals surface area contributed by atoms with Crippen molar-refractivity contribution in [1.82, 2.24) is 24.8 Å². The largest absolute Gasteiger partial charge is 0.447 e. The van der Waals surface area contributed by atoms with E-state index in [1.54, 1.807) is 0 Å². The Morgan fingerprint density at radius 3 is 2.91 bits per heavy atom. The van der Waals surface area contributed by atoms with Gasteiger partial charge in [0.25, 0.3) is 0 Å². The number of nitrogens with one attached hydrogen (secondary N) is 2. The highest BCUT2D eigenvalue weighted by atomic mass is 127. The summed E-state index contributed by atoms with van der Waals surface area (Å²) in [5.41, 5.74) is 1.80. The van der Waals surface area contributed by atoms with Crippen LogP contribution < -0.4 is 10.6 Å². The van der Waals surface area contributed by atoms with Crippen molar-refractivity contribution in [2.75, 3.05) is 19.0 Å². The van der Waals surface area contributed by atoms with Crippen LogP contribution in [0.3, 0.4) is 0 Å². The summed E-state index contributed by atoms with van der Waals surface area (Å²) in [6, 6.07) is 7.99. The third-order valence-corrected chi connectivity index (χ3v) is 5.78. The Bertz CT molecular complexity index is 1130. The highest BCUT2D eigenvalue weighted by molar-refractivity contribution is 14.1. The maximum Gasteiger partial charge on any atom is 0.406 e. The molecule has 3 heterocycles. The maximum atomic E-state index is 11.3. The number of anilines is 1. The lowest BCUT2D eigenvalue weighted by molar-refractivity contribution is -0.0531. The van der Waals surface area contributed by atoms with Crippen LogP contribution in [-0.2, 0) is 16.0 Å². The van der Waals surface area contributed by atoms with Gasteiger partial charge in [-0.25, -0.2) is 9.78 Å². The van der Waals surface area contributed by atoms with Crippen molar-refractivity contribution in [3.63, 3.8) is 0 Å². The molecule has 4 rings (SSSR count). The van der Waals surface area contributed by atoms with Crippen molar-refractivity contribution in [3.05, 3.63) is 45.0 Å². The van der Waals surface area contributed by atoms with E-state index in [1.807, 2.05) is 24.3 Å². The number of carbonyl (C=O) groups is 1. The number of imidazole rings is 1. The van der Waals surface area contributed by atoms with Gasteiger partial charge in [0.1, 0.15) is 24.9 Å². The molecule has 1 fully saturated rings. The van der Waals surface area contributed by atoms with Crippen molar-refractivity contribution < 1.29 is 24.5 Å². The molecule has 0 saturated carbocycles. The van der Waals surface area contributed by atoms with E-state index in [4.69, 9.17) is 21.1 Å². The number of aromatic nitrogens is 4. The molecule has 2 unspecified atom stereocenters. The van der Waals surface area contributed by atoms with Crippen molar-refractivity contribution in [2.45, 2.75) is 31.1 Å². The number of ether oxygens (including phenoxy) is 2. The van der Waals surface area contributed by atoms with Gasteiger partial charge in [-0.3, -0.25) is 4.57 Å². The summed E-state index contributed by atoms with van der Waals surface area (Å²) in [4.78, 5) is 24.1. The number of carbonyl (C=O) groups excluding carboxylic acids is 1. The van der Waals surface area contributed by atoms with E-state index >= 15 is 0 Å². The molecular weight excluding hydrogens is 555 g/mol. The number of fused-ring (bicyclic) bond motifs is 1. The molecule has 0 aliphatic carbocycles. The zero-order valence-corrected chi connectivity index (χ0v) is 19.7. The SMILES string of the molecule is CNC(=O)OC[C@H]1O[C@@H](n2cnc3c(NCc4cccc(I)c4)nc(Cl)nc32)C(O)C1O. The number of nitrogens with zero attached hydrogens (tertiary/aromatic N) is 4. The number of aliphatic hydroxyl groups excluding tert-OH is 2. The summed E-state index contributed by atoms with van der Waals surface area (Å²) in [5, 5.41) is 26.4. The van der Waals surface area contributed by atoms with E-state index < -0.39 is 30.6 Å². The van der Waals surface area contributed by atoms with Crippen molar-refractivity contribution in [3.8, 4) is 0 Å². The van der Waals surface area contributed by atoms with Gasteiger partial charge in [-0.1, -0.05) is 12.1 Å². The number of halogens is 2. The minimum atomic E-state index is -1.30. The number of aliphatic hydroxyl groups is 2. The normalized spacial score (nSPS) is 22.8. The van der Waals surface area contributed by atoms with Crippen molar-refractivity contribution in [1.29, 1.82) is 0 Å². The molecule has 3 aromatic rings. The molecule has 11 nitrogen and oxygen atoms in total. The van der Waals surface area contributed by atoms with E-state index in [0.717, 1.165) is 9.13 Å². The van der Waals surface area contributed by atoms with Crippen LogP contribution in [0.5, 0.6) is 0 Å². The Kier molecular flexibility index (Phi) is 6.95. The minimum absolute atomic E-state index is 0.0167. The van der Waals surface area contributed by atoms with Crippen LogP contribution in [0.4, 0.5) is 10.6 Å². The van der Waals surface area contributed by atoms with Crippen LogP contribution in [0.2, 0.25) is 5.28 Å². The van der Waals surface area contributed by atoms with Gasteiger partial charge in [0.2, 0.25) is 5.28 Å². The second-order valence-corrected chi connectivity index (χ2v) is 8.63. The number of rotatable bonds is 6. The van der Waals surface area contributed by atoms with Gasteiger partial charge in [-0.2, -0.15) is 9.97 Å². The van der Waals surface area contributed by atoms with Gasteiger partial charge >= 0.3 is 6.09 Å². The van der Waals surface area contributed by atoms with Gasteiger partial charge in [-0.15, -0.1) is 0 Å². The van der Waals surface area contributed by atoms with Crippen LogP contribution in [-0.4, -0.2) is 67.8 Å². The molecule has 32 heavy (non-hydrogen) atoms. The number of amides is 1. The standard InChI is InChI=1S/C19H20ClIN6O5/c1-22-19(30)31-7-11-13(28)14(29)17(32-11)27-8-24-12-15(25-18(20)26-16(12)27)23-6-9-3-2-4-10(21)5-9/h2-5,8,11,13-14,17,28-29H,6-7H2,1H3,(H,22,30)(H,23,25,26)/t11-,13?,14?,17-/m1/s1. The molecule has 4 N–H and O–H groups in total. The molecule has 1 aliphatic heterocycles. The van der Waals surface area contributed by atoms with E-state index in [9.17, 15) is 15.0 Å². The highest BCUT2D eigenvalue weighted by Crippen LogP contribution is 2.33. The molecule has 0 radical (unpaired) electrons. The molecular formula is C19H20ClIN6O5. The first-order valence-electron chi connectivity index (χ1n) is 9.62. The first kappa shape index (κ1) is 22.9. The Hall–Kier alpha value is -2.26. The molecule has 1 amide bonds. The fraction of sp³-hybridized carbons (Fsp3) is 0.368. The zero-order chi connectivity index (χ0) is 22.8. The number of benzene rings is 1. The zero-order valence-electron chi connectivity index (χ0n) is 16.8. The van der Waals surface area contributed by atoms with Gasteiger partial charge in [0.15, 0.2) is 23.2 Å². The van der Waals surface area contributed by atoms with Crippen LogP contribution in [0.1, 0.15) is 11.8 Å². The van der Waals surface area contributed by atoms with Crippen LogP contribution in [0.15, 0.2) is 30.6 Å². The number of alkyl carbamates (subject to hydrolysis) is 1. The summed E-state index contributed by atoms with van der Waals surface area (Å²) < 4.78 is 13.3. The first-order chi connectivity index (χ1) is 15.4. The van der Waals surface area contributed by atoms with Gasteiger partial charge in [-0.05, 0) is 51.9 Å². The fourth-order valence-corrected chi connectivity index (χ4v) is 4.13. The predicted octanol–water partition coefficient (Wildman–Crippen LogP) is 1.67. The summed E-state index contributed by atoms with van der Waals surface area (Å²) in [6.45, 7) is 0.256. The lowest BCUT2D eigenvalue weighted by Gasteiger charge is -2.16. The van der Waals surface area contributed by atoms with Crippen LogP contribution >= 0.6 is 34.2 Å². The Balaban J connectivity index is 1.57. The highest BCUT2D eigenvalue weighted by Gasteiger charge is 2.45. The van der Waals surface area contributed by atoms with Crippen molar-refractivity contribution >= 4 is 57.3 Å². The van der Waals surface area contributed by atoms with Crippen LogP contribution in [0, 0.1) is 3.57 Å². The first-order valence-corrected chi connectivity index (χ1v) is 11.1. The molecule has 4 atom stereocenters. The Morgan fingerprint density at radius 1 is 1.34 bits per heavy atom. The van der Waals surface area contributed by atoms with Gasteiger partial charge in [0.05, 0.1) is 6.33 Å². The average molecular weight is 575 g/mol. The Morgan fingerprint density at radius 2 is 2.16 bits per heavy atom. The summed E-state index contributed by atoms with van der Waals surface area (Å²) >= 11 is 8.38.